The molecule has 0 bridgehead atoms. The third-order valence-electron chi connectivity index (χ3n) is 4.41. The van der Waals surface area contributed by atoms with Gasteiger partial charge in [0.2, 0.25) is 0 Å². The smallest absolute Gasteiger partial charge is 0.296 e. The second kappa shape index (κ2) is 8.09. The molecule has 0 unspecified atom stereocenters. The third-order valence-corrected chi connectivity index (χ3v) is 8.04. The average molecular weight is 486 g/mol. The maximum absolute atomic E-state index is 13.3. The van der Waals surface area contributed by atoms with Crippen LogP contribution in [-0.4, -0.2) is 30.5 Å². The Morgan fingerprint density at radius 2 is 1.77 bits per heavy atom. The van der Waals surface area contributed by atoms with Crippen molar-refractivity contribution in [1.82, 2.24) is 9.36 Å². The van der Waals surface area contributed by atoms with E-state index in [9.17, 15) is 26.4 Å². The van der Waals surface area contributed by atoms with E-state index in [1.165, 1.54) is 24.3 Å². The zero-order chi connectivity index (χ0) is 22.2. The van der Waals surface area contributed by atoms with Gasteiger partial charge in [-0.2, -0.15) is 17.5 Å². The fourth-order valence-electron chi connectivity index (χ4n) is 2.93. The van der Waals surface area contributed by atoms with E-state index in [-0.39, 0.29) is 20.6 Å². The first-order valence-electron chi connectivity index (χ1n) is 8.88. The molecule has 2 aromatic heterocycles. The number of thiophene rings is 1. The number of benzene rings is 2. The first-order valence-corrected chi connectivity index (χ1v) is 11.9. The summed E-state index contributed by atoms with van der Waals surface area (Å²) >= 11 is 1.84. The van der Waals surface area contributed by atoms with Crippen molar-refractivity contribution in [3.63, 3.8) is 0 Å². The molecule has 0 fully saturated rings. The van der Waals surface area contributed by atoms with Crippen LogP contribution >= 0.6 is 22.9 Å². The molecule has 0 radical (unpaired) electrons. The lowest BCUT2D eigenvalue weighted by Crippen LogP contribution is -2.33. The number of sulfonamides is 1. The Kier molecular flexibility index (Phi) is 5.62. The van der Waals surface area contributed by atoms with Gasteiger partial charge in [-0.05, 0) is 41.8 Å². The number of nitrogens with one attached hydrogen (secondary N) is 1. The highest BCUT2D eigenvalue weighted by Gasteiger charge is 2.33. The number of rotatable bonds is 6. The molecule has 162 valence electrons. The zero-order valence-corrected chi connectivity index (χ0v) is 18.0. The lowest BCUT2D eigenvalue weighted by Gasteiger charge is -2.23. The molecule has 0 atom stereocenters. The Hall–Kier alpha value is -2.70. The van der Waals surface area contributed by atoms with Crippen molar-refractivity contribution < 1.29 is 21.6 Å². The molecular weight excluding hydrogens is 471 g/mol. The van der Waals surface area contributed by atoms with Gasteiger partial charge in [0, 0.05) is 28.3 Å². The first-order chi connectivity index (χ1) is 14.6. The van der Waals surface area contributed by atoms with Crippen LogP contribution in [0.15, 0.2) is 64.3 Å². The van der Waals surface area contributed by atoms with Gasteiger partial charge in [0.25, 0.3) is 10.0 Å². The van der Waals surface area contributed by atoms with Crippen molar-refractivity contribution in [3.8, 4) is 11.4 Å². The summed E-state index contributed by atoms with van der Waals surface area (Å²) in [5.74, 6) is 0.289. The predicted molar refractivity (Wildman–Crippen MR) is 115 cm³/mol. The van der Waals surface area contributed by atoms with Crippen LogP contribution in [0.2, 0.25) is 0 Å². The molecule has 2 aromatic carbocycles. The van der Waals surface area contributed by atoms with Gasteiger partial charge < -0.3 is 0 Å². The molecule has 4 rings (SSSR count). The molecular formula is C19H14F3N3O3S3. The summed E-state index contributed by atoms with van der Waals surface area (Å²) in [5, 5.41) is 0.955. The van der Waals surface area contributed by atoms with Crippen molar-refractivity contribution >= 4 is 48.0 Å². The number of H-pyrrole nitrogens is 1. The minimum absolute atomic E-state index is 0.159. The monoisotopic (exact) mass is 485 g/mol. The maximum Gasteiger partial charge on any atom is 0.390 e. The molecule has 0 spiro atoms. The van der Waals surface area contributed by atoms with E-state index in [0.717, 1.165) is 37.3 Å². The largest absolute Gasteiger partial charge is 0.390 e. The minimum atomic E-state index is -4.51. The van der Waals surface area contributed by atoms with Gasteiger partial charge in [-0.1, -0.05) is 18.2 Å². The Bertz CT molecular complexity index is 1340. The van der Waals surface area contributed by atoms with Crippen LogP contribution in [0.3, 0.4) is 0 Å². The molecule has 31 heavy (non-hydrogen) atoms. The maximum atomic E-state index is 13.3. The Morgan fingerprint density at radius 1 is 1.06 bits per heavy atom. The normalized spacial score (nSPS) is 12.4. The van der Waals surface area contributed by atoms with Crippen molar-refractivity contribution in [3.05, 3.63) is 64.3 Å². The van der Waals surface area contributed by atoms with Crippen LogP contribution in [0.4, 0.5) is 18.2 Å². The minimum Gasteiger partial charge on any atom is -0.296 e. The summed E-state index contributed by atoms with van der Waals surface area (Å²) in [7, 11) is -4.26. The SMILES string of the molecule is O=c1[nH]c(-c2ccc(S(=O)(=O)N(CCC(F)(F)F)c3cc4ccccc4s3)cc2)ns1. The summed E-state index contributed by atoms with van der Waals surface area (Å²) in [6.07, 6.45) is -5.79. The molecule has 12 heteroatoms. The Balaban J connectivity index is 1.72. The fourth-order valence-corrected chi connectivity index (χ4v) is 6.16. The van der Waals surface area contributed by atoms with E-state index < -0.39 is 29.2 Å². The number of aromatic nitrogens is 2. The van der Waals surface area contributed by atoms with Crippen LogP contribution in [0.25, 0.3) is 21.5 Å². The highest BCUT2D eigenvalue weighted by molar-refractivity contribution is 7.93. The van der Waals surface area contributed by atoms with Crippen LogP contribution in [0.1, 0.15) is 6.42 Å². The van der Waals surface area contributed by atoms with Crippen LogP contribution in [0, 0.1) is 0 Å². The molecule has 4 aromatic rings. The summed E-state index contributed by atoms with van der Waals surface area (Å²) in [4.78, 5) is 13.3. The molecule has 0 saturated heterocycles. The van der Waals surface area contributed by atoms with Crippen molar-refractivity contribution in [2.24, 2.45) is 0 Å². The quantitative estimate of drug-likeness (QED) is 0.423. The highest BCUT2D eigenvalue weighted by Crippen LogP contribution is 2.36. The molecule has 2 heterocycles. The van der Waals surface area contributed by atoms with Crippen molar-refractivity contribution in [1.29, 1.82) is 0 Å². The van der Waals surface area contributed by atoms with Crippen LogP contribution in [0.5, 0.6) is 0 Å². The van der Waals surface area contributed by atoms with E-state index in [4.69, 9.17) is 0 Å². The number of alkyl halides is 3. The van der Waals surface area contributed by atoms with Gasteiger partial charge in [0.1, 0.15) is 5.00 Å². The Morgan fingerprint density at radius 3 is 2.39 bits per heavy atom. The number of anilines is 1. The summed E-state index contributed by atoms with van der Waals surface area (Å²) < 4.78 is 70.8. The second-order valence-electron chi connectivity index (χ2n) is 6.53. The molecule has 0 saturated carbocycles. The van der Waals surface area contributed by atoms with Gasteiger partial charge in [-0.3, -0.25) is 14.1 Å². The summed E-state index contributed by atoms with van der Waals surface area (Å²) in [6.45, 7) is -0.736. The van der Waals surface area contributed by atoms with Crippen LogP contribution < -0.4 is 9.18 Å². The van der Waals surface area contributed by atoms with Crippen molar-refractivity contribution in [2.45, 2.75) is 17.5 Å². The first kappa shape index (κ1) is 21.5. The zero-order valence-electron chi connectivity index (χ0n) is 15.6. The highest BCUT2D eigenvalue weighted by atomic mass is 32.2. The number of nitrogens with zero attached hydrogens (tertiary/aromatic N) is 2. The fraction of sp³-hybridized carbons (Fsp3) is 0.158. The van der Waals surface area contributed by atoms with Gasteiger partial charge >= 0.3 is 11.0 Å². The van der Waals surface area contributed by atoms with Gasteiger partial charge in [-0.15, -0.1) is 11.3 Å². The Labute approximate surface area is 182 Å². The molecule has 0 aliphatic heterocycles. The number of halogens is 3. The number of hydrogen-bond donors (Lipinski definition) is 1. The van der Waals surface area contributed by atoms with E-state index >= 15 is 0 Å². The molecule has 1 N–H and O–H groups in total. The van der Waals surface area contributed by atoms with Crippen LogP contribution in [-0.2, 0) is 10.0 Å². The lowest BCUT2D eigenvalue weighted by atomic mass is 10.2. The number of aromatic amines is 1. The molecule has 6 nitrogen and oxygen atoms in total. The number of hydrogen-bond acceptors (Lipinski definition) is 6. The van der Waals surface area contributed by atoms with Gasteiger partial charge in [0.15, 0.2) is 5.82 Å². The predicted octanol–water partition coefficient (Wildman–Crippen LogP) is 4.86. The molecule has 0 aliphatic rings. The van der Waals surface area contributed by atoms with Gasteiger partial charge in [0.05, 0.1) is 11.3 Å². The van der Waals surface area contributed by atoms with E-state index in [1.807, 2.05) is 0 Å². The third kappa shape index (κ3) is 4.65. The topological polar surface area (TPSA) is 83.1 Å². The summed E-state index contributed by atoms with van der Waals surface area (Å²) in [6, 6.07) is 14.1. The standard InChI is InChI=1S/C19H14F3N3O3S3/c20-19(21,22)9-10-25(16-11-13-3-1-2-4-15(13)29-16)31(27,28)14-7-5-12(6-8-14)17-23-18(26)30-24-17/h1-8,11H,9-10H2,(H,23,24,26). The summed E-state index contributed by atoms with van der Waals surface area (Å²) in [5.41, 5.74) is 0.487. The van der Waals surface area contributed by atoms with E-state index in [2.05, 4.69) is 9.36 Å². The lowest BCUT2D eigenvalue weighted by molar-refractivity contribution is -0.131. The number of fused-ring (bicyclic) bond motifs is 1. The van der Waals surface area contributed by atoms with E-state index in [1.54, 1.807) is 30.3 Å². The van der Waals surface area contributed by atoms with E-state index in [0.29, 0.717) is 5.56 Å². The molecule has 0 amide bonds. The van der Waals surface area contributed by atoms with Crippen molar-refractivity contribution in [2.75, 3.05) is 10.8 Å². The van der Waals surface area contributed by atoms with Gasteiger partial charge in [-0.25, -0.2) is 8.42 Å². The second-order valence-corrected chi connectivity index (χ2v) is 10.2. The average Bonchev–Trinajstić information content (AvgIpc) is 3.33. The molecule has 0 aliphatic carbocycles.